The highest BCUT2D eigenvalue weighted by molar-refractivity contribution is 6.04. The molecule has 1 N–H and O–H groups in total. The zero-order chi connectivity index (χ0) is 21.1. The van der Waals surface area contributed by atoms with E-state index in [0.29, 0.717) is 18.2 Å². The summed E-state index contributed by atoms with van der Waals surface area (Å²) in [6, 6.07) is 13.5. The summed E-state index contributed by atoms with van der Waals surface area (Å²) < 4.78 is 5.86. The first kappa shape index (κ1) is 20.9. The Hall–Kier alpha value is -2.82. The Morgan fingerprint density at radius 2 is 1.83 bits per heavy atom. The van der Waals surface area contributed by atoms with Crippen molar-refractivity contribution in [1.82, 2.24) is 0 Å². The fourth-order valence-electron chi connectivity index (χ4n) is 3.72. The summed E-state index contributed by atoms with van der Waals surface area (Å²) in [6.45, 7) is 10.5. The van der Waals surface area contributed by atoms with Crippen LogP contribution in [0, 0.1) is 12.8 Å². The van der Waals surface area contributed by atoms with E-state index < -0.39 is 5.92 Å². The number of ether oxygens (including phenoxy) is 1. The lowest BCUT2D eigenvalue weighted by atomic mass is 9.97. The van der Waals surface area contributed by atoms with Gasteiger partial charge in [-0.2, -0.15) is 0 Å². The van der Waals surface area contributed by atoms with Gasteiger partial charge in [0.2, 0.25) is 11.8 Å². The second kappa shape index (κ2) is 8.68. The van der Waals surface area contributed by atoms with Crippen LogP contribution in [-0.4, -0.2) is 24.5 Å². The van der Waals surface area contributed by atoms with E-state index in [1.54, 1.807) is 4.90 Å². The van der Waals surface area contributed by atoms with Crippen molar-refractivity contribution < 1.29 is 14.3 Å². The molecule has 1 saturated heterocycles. The van der Waals surface area contributed by atoms with Gasteiger partial charge in [0.05, 0.1) is 17.7 Å². The Bertz CT molecular complexity index is 905. The summed E-state index contributed by atoms with van der Waals surface area (Å²) in [4.78, 5) is 27.4. The minimum Gasteiger partial charge on any atom is -0.489 e. The van der Waals surface area contributed by atoms with E-state index in [2.05, 4.69) is 19.2 Å². The van der Waals surface area contributed by atoms with E-state index in [9.17, 15) is 9.59 Å². The first-order valence-electron chi connectivity index (χ1n) is 10.2. The average Bonchev–Trinajstić information content (AvgIpc) is 3.05. The minimum atomic E-state index is -0.394. The van der Waals surface area contributed by atoms with Crippen molar-refractivity contribution in [3.05, 3.63) is 53.6 Å². The third-order valence-electron chi connectivity index (χ3n) is 5.19. The number of carbonyl (C=O) groups is 2. The number of hydrogen-bond donors (Lipinski definition) is 1. The zero-order valence-electron chi connectivity index (χ0n) is 17.9. The van der Waals surface area contributed by atoms with Gasteiger partial charge in [0.1, 0.15) is 5.75 Å². The summed E-state index contributed by atoms with van der Waals surface area (Å²) >= 11 is 0. The molecule has 0 spiro atoms. The van der Waals surface area contributed by atoms with Crippen LogP contribution in [0.15, 0.2) is 42.5 Å². The Morgan fingerprint density at radius 3 is 2.52 bits per heavy atom. The van der Waals surface area contributed by atoms with Gasteiger partial charge in [-0.25, -0.2) is 0 Å². The van der Waals surface area contributed by atoms with Crippen molar-refractivity contribution in [2.75, 3.05) is 16.8 Å². The first-order valence-corrected chi connectivity index (χ1v) is 10.2. The van der Waals surface area contributed by atoms with Gasteiger partial charge >= 0.3 is 0 Å². The molecular formula is C24H30N2O3. The molecule has 0 bridgehead atoms. The highest BCUT2D eigenvalue weighted by Gasteiger charge is 2.36. The third kappa shape index (κ3) is 4.61. The highest BCUT2D eigenvalue weighted by Crippen LogP contribution is 2.34. The van der Waals surface area contributed by atoms with Gasteiger partial charge < -0.3 is 15.0 Å². The van der Waals surface area contributed by atoms with E-state index >= 15 is 0 Å². The predicted molar refractivity (Wildman–Crippen MR) is 117 cm³/mol. The molecule has 1 fully saturated rings. The van der Waals surface area contributed by atoms with Gasteiger partial charge in [-0.1, -0.05) is 44.2 Å². The Labute approximate surface area is 173 Å². The molecule has 0 saturated carbocycles. The van der Waals surface area contributed by atoms with E-state index in [0.717, 1.165) is 22.5 Å². The van der Waals surface area contributed by atoms with Crippen LogP contribution in [0.25, 0.3) is 0 Å². The quantitative estimate of drug-likeness (QED) is 0.758. The van der Waals surface area contributed by atoms with Crippen molar-refractivity contribution in [3.63, 3.8) is 0 Å². The Kier molecular flexibility index (Phi) is 6.26. The number of nitrogens with zero attached hydrogens (tertiary/aromatic N) is 1. The van der Waals surface area contributed by atoms with E-state index in [1.807, 2.05) is 63.2 Å². The molecule has 2 aromatic carbocycles. The standard InChI is InChI=1S/C24H30N2O3/c1-15(2)19-10-8-9-17(5)23(19)25-24(28)18-13-22(27)26(14-18)20-11-6-7-12-21(20)29-16(3)4/h6-12,15-16,18H,13-14H2,1-5H3,(H,25,28). The van der Waals surface area contributed by atoms with E-state index in [1.165, 1.54) is 0 Å². The molecule has 0 radical (unpaired) electrons. The number of para-hydroxylation sites is 3. The van der Waals surface area contributed by atoms with Gasteiger partial charge in [-0.15, -0.1) is 0 Å². The number of amides is 2. The maximum absolute atomic E-state index is 13.0. The minimum absolute atomic E-state index is 0.00320. The molecule has 1 heterocycles. The number of carbonyl (C=O) groups excluding carboxylic acids is 2. The van der Waals surface area contributed by atoms with E-state index in [4.69, 9.17) is 4.74 Å². The second-order valence-electron chi connectivity index (χ2n) is 8.22. The molecule has 5 nitrogen and oxygen atoms in total. The lowest BCUT2D eigenvalue weighted by Crippen LogP contribution is -2.29. The van der Waals surface area contributed by atoms with Crippen LogP contribution < -0.4 is 15.0 Å². The molecule has 1 aliphatic rings. The molecule has 29 heavy (non-hydrogen) atoms. The summed E-state index contributed by atoms with van der Waals surface area (Å²) in [5, 5.41) is 3.09. The lowest BCUT2D eigenvalue weighted by Gasteiger charge is -2.22. The summed E-state index contributed by atoms with van der Waals surface area (Å²) in [7, 11) is 0. The maximum Gasteiger partial charge on any atom is 0.229 e. The number of hydrogen-bond acceptors (Lipinski definition) is 3. The van der Waals surface area contributed by atoms with Crippen LogP contribution in [0.4, 0.5) is 11.4 Å². The molecule has 1 atom stereocenters. The van der Waals surface area contributed by atoms with Crippen molar-refractivity contribution in [3.8, 4) is 5.75 Å². The lowest BCUT2D eigenvalue weighted by molar-refractivity contribution is -0.122. The topological polar surface area (TPSA) is 58.6 Å². The van der Waals surface area contributed by atoms with Gasteiger partial charge in [-0.05, 0) is 49.9 Å². The van der Waals surface area contributed by atoms with Crippen molar-refractivity contribution in [2.24, 2.45) is 5.92 Å². The second-order valence-corrected chi connectivity index (χ2v) is 8.22. The van der Waals surface area contributed by atoms with Gasteiger partial charge in [0.25, 0.3) is 0 Å². The molecule has 2 aromatic rings. The number of nitrogens with one attached hydrogen (secondary N) is 1. The van der Waals surface area contributed by atoms with Crippen LogP contribution in [0.3, 0.4) is 0 Å². The van der Waals surface area contributed by atoms with Crippen molar-refractivity contribution in [1.29, 1.82) is 0 Å². The predicted octanol–water partition coefficient (Wildman–Crippen LogP) is 4.90. The molecule has 0 aromatic heterocycles. The molecule has 0 aliphatic carbocycles. The maximum atomic E-state index is 13.0. The summed E-state index contributed by atoms with van der Waals surface area (Å²) in [5.74, 6) is 0.400. The first-order chi connectivity index (χ1) is 13.8. The highest BCUT2D eigenvalue weighted by atomic mass is 16.5. The van der Waals surface area contributed by atoms with Gasteiger partial charge in [0.15, 0.2) is 0 Å². The van der Waals surface area contributed by atoms with Crippen LogP contribution in [0.1, 0.15) is 51.2 Å². The van der Waals surface area contributed by atoms with Crippen LogP contribution >= 0.6 is 0 Å². The molecule has 2 amide bonds. The zero-order valence-corrected chi connectivity index (χ0v) is 17.9. The molecule has 5 heteroatoms. The third-order valence-corrected chi connectivity index (χ3v) is 5.19. The van der Waals surface area contributed by atoms with E-state index in [-0.39, 0.29) is 24.3 Å². The van der Waals surface area contributed by atoms with Gasteiger partial charge in [-0.3, -0.25) is 9.59 Å². The SMILES string of the molecule is Cc1cccc(C(C)C)c1NC(=O)C1CC(=O)N(c2ccccc2OC(C)C)C1. The molecule has 3 rings (SSSR count). The number of anilines is 2. The van der Waals surface area contributed by atoms with Crippen molar-refractivity contribution >= 4 is 23.2 Å². The molecule has 154 valence electrons. The number of aryl methyl sites for hydroxylation is 1. The van der Waals surface area contributed by atoms with Crippen molar-refractivity contribution in [2.45, 2.75) is 53.1 Å². The summed E-state index contributed by atoms with van der Waals surface area (Å²) in [6.07, 6.45) is 0.202. The fourth-order valence-corrected chi connectivity index (χ4v) is 3.72. The molecular weight excluding hydrogens is 364 g/mol. The monoisotopic (exact) mass is 394 g/mol. The molecule has 1 unspecified atom stereocenters. The largest absolute Gasteiger partial charge is 0.489 e. The fraction of sp³-hybridized carbons (Fsp3) is 0.417. The summed E-state index contributed by atoms with van der Waals surface area (Å²) in [5.41, 5.74) is 3.72. The van der Waals surface area contributed by atoms with Crippen LogP contribution in [0.5, 0.6) is 5.75 Å². The average molecular weight is 395 g/mol. The van der Waals surface area contributed by atoms with Crippen LogP contribution in [0.2, 0.25) is 0 Å². The van der Waals surface area contributed by atoms with Gasteiger partial charge in [0, 0.05) is 18.7 Å². The number of benzene rings is 2. The normalized spacial score (nSPS) is 16.6. The smallest absolute Gasteiger partial charge is 0.229 e. The van der Waals surface area contributed by atoms with Crippen LogP contribution in [-0.2, 0) is 9.59 Å². The number of rotatable bonds is 6. The Balaban J connectivity index is 1.79. The molecule has 1 aliphatic heterocycles. The Morgan fingerprint density at radius 1 is 1.10 bits per heavy atom.